The highest BCUT2D eigenvalue weighted by Gasteiger charge is 2.09. The third-order valence-electron chi connectivity index (χ3n) is 2.34. The second kappa shape index (κ2) is 6.80. The number of methoxy groups -OCH3 is 1. The second-order valence-corrected chi connectivity index (χ2v) is 4.38. The maximum Gasteiger partial charge on any atom is 0.337 e. The molecule has 0 fully saturated rings. The van der Waals surface area contributed by atoms with Crippen molar-refractivity contribution in [1.29, 1.82) is 0 Å². The van der Waals surface area contributed by atoms with E-state index >= 15 is 0 Å². The summed E-state index contributed by atoms with van der Waals surface area (Å²) in [5, 5.41) is 5.52. The van der Waals surface area contributed by atoms with Crippen molar-refractivity contribution < 1.29 is 14.3 Å². The van der Waals surface area contributed by atoms with E-state index in [0.717, 1.165) is 5.56 Å². The molecule has 6 heteroatoms. The molecule has 0 aliphatic rings. The molecule has 0 unspecified atom stereocenters. The zero-order valence-electron chi connectivity index (χ0n) is 10.7. The van der Waals surface area contributed by atoms with Crippen molar-refractivity contribution in [3.05, 3.63) is 40.9 Å². The number of hydrogen-bond acceptors (Lipinski definition) is 3. The van der Waals surface area contributed by atoms with Crippen molar-refractivity contribution in [2.75, 3.05) is 19.0 Å². The first-order valence-electron chi connectivity index (χ1n) is 5.51. The van der Waals surface area contributed by atoms with E-state index in [1.807, 2.05) is 0 Å². The van der Waals surface area contributed by atoms with E-state index in [4.69, 9.17) is 11.6 Å². The fraction of sp³-hybridized carbons (Fsp3) is 0.231. The van der Waals surface area contributed by atoms with E-state index in [9.17, 15) is 9.59 Å². The van der Waals surface area contributed by atoms with E-state index in [1.54, 1.807) is 25.1 Å². The first-order chi connectivity index (χ1) is 8.93. The molecule has 0 aliphatic carbocycles. The summed E-state index contributed by atoms with van der Waals surface area (Å²) in [7, 11) is 1.32. The standard InChI is InChI=1S/C13H15ClN2O3/c1-8-6-10(12(17)19-3)4-5-11(8)16-13(18)15-7-9(2)14/h4-6H,2,7H2,1,3H3,(H2,15,16,18). The maximum absolute atomic E-state index is 11.5. The molecule has 102 valence electrons. The van der Waals surface area contributed by atoms with Crippen LogP contribution in [0.1, 0.15) is 15.9 Å². The van der Waals surface area contributed by atoms with Crippen LogP contribution in [0.2, 0.25) is 0 Å². The van der Waals surface area contributed by atoms with Crippen LogP contribution >= 0.6 is 11.6 Å². The molecule has 2 N–H and O–H groups in total. The fourth-order valence-electron chi connectivity index (χ4n) is 1.39. The Balaban J connectivity index is 2.72. The number of nitrogens with one attached hydrogen (secondary N) is 2. The van der Waals surface area contributed by atoms with Gasteiger partial charge < -0.3 is 15.4 Å². The molecule has 2 amide bonds. The Morgan fingerprint density at radius 2 is 2.11 bits per heavy atom. The minimum Gasteiger partial charge on any atom is -0.465 e. The number of halogens is 1. The molecule has 0 radical (unpaired) electrons. The number of carbonyl (C=O) groups is 2. The molecule has 0 aliphatic heterocycles. The lowest BCUT2D eigenvalue weighted by atomic mass is 10.1. The van der Waals surface area contributed by atoms with E-state index in [1.165, 1.54) is 7.11 Å². The van der Waals surface area contributed by atoms with E-state index in [-0.39, 0.29) is 6.54 Å². The van der Waals surface area contributed by atoms with Crippen molar-refractivity contribution in [2.24, 2.45) is 0 Å². The molecule has 0 bridgehead atoms. The summed E-state index contributed by atoms with van der Waals surface area (Å²) in [6.07, 6.45) is 0. The number of aryl methyl sites for hydroxylation is 1. The number of hydrogen-bond donors (Lipinski definition) is 2. The molecule has 1 aromatic carbocycles. The minimum absolute atomic E-state index is 0.187. The third-order valence-corrected chi connectivity index (χ3v) is 2.47. The van der Waals surface area contributed by atoms with Gasteiger partial charge in [-0.25, -0.2) is 9.59 Å². The van der Waals surface area contributed by atoms with Crippen molar-refractivity contribution >= 4 is 29.3 Å². The Hall–Kier alpha value is -2.01. The summed E-state index contributed by atoms with van der Waals surface area (Å²) in [5.41, 5.74) is 1.79. The number of benzene rings is 1. The van der Waals surface area contributed by atoms with Gasteiger partial charge in [0, 0.05) is 10.7 Å². The highest BCUT2D eigenvalue weighted by molar-refractivity contribution is 6.29. The average molecular weight is 283 g/mol. The molecule has 1 aromatic rings. The van der Waals surface area contributed by atoms with Gasteiger partial charge in [-0.2, -0.15) is 0 Å². The van der Waals surface area contributed by atoms with Gasteiger partial charge in [-0.05, 0) is 30.7 Å². The van der Waals surface area contributed by atoms with E-state index in [2.05, 4.69) is 21.9 Å². The number of amides is 2. The summed E-state index contributed by atoms with van der Waals surface area (Å²) >= 11 is 5.54. The van der Waals surface area contributed by atoms with Crippen LogP contribution in [-0.2, 0) is 4.74 Å². The van der Waals surface area contributed by atoms with Crippen LogP contribution in [0.4, 0.5) is 10.5 Å². The normalized spacial score (nSPS) is 9.63. The average Bonchev–Trinajstić information content (AvgIpc) is 2.37. The smallest absolute Gasteiger partial charge is 0.337 e. The van der Waals surface area contributed by atoms with Crippen molar-refractivity contribution in [3.63, 3.8) is 0 Å². The summed E-state index contributed by atoms with van der Waals surface area (Å²) in [5.74, 6) is -0.419. The zero-order valence-corrected chi connectivity index (χ0v) is 11.5. The molecule has 0 saturated heterocycles. The molecular formula is C13H15ClN2O3. The van der Waals surface area contributed by atoms with Crippen molar-refractivity contribution in [1.82, 2.24) is 5.32 Å². The van der Waals surface area contributed by atoms with Crippen LogP contribution in [0.5, 0.6) is 0 Å². The first kappa shape index (κ1) is 15.0. The topological polar surface area (TPSA) is 67.4 Å². The summed E-state index contributed by atoms with van der Waals surface area (Å²) in [4.78, 5) is 22.9. The van der Waals surface area contributed by atoms with Gasteiger partial charge in [0.25, 0.3) is 0 Å². The quantitative estimate of drug-likeness (QED) is 0.834. The van der Waals surface area contributed by atoms with E-state index < -0.39 is 12.0 Å². The predicted octanol–water partition coefficient (Wildman–Crippen LogP) is 2.66. The highest BCUT2D eigenvalue weighted by atomic mass is 35.5. The fourth-order valence-corrected chi connectivity index (χ4v) is 1.46. The summed E-state index contributed by atoms with van der Waals surface area (Å²) in [6, 6.07) is 4.46. The van der Waals surface area contributed by atoms with Gasteiger partial charge in [-0.3, -0.25) is 0 Å². The lowest BCUT2D eigenvalue weighted by molar-refractivity contribution is 0.0600. The molecule has 0 saturated carbocycles. The van der Waals surface area contributed by atoms with Gasteiger partial charge in [0.2, 0.25) is 0 Å². The Morgan fingerprint density at radius 3 is 2.63 bits per heavy atom. The Bertz CT molecular complexity index is 515. The lowest BCUT2D eigenvalue weighted by Gasteiger charge is -2.10. The Labute approximate surface area is 116 Å². The monoisotopic (exact) mass is 282 g/mol. The lowest BCUT2D eigenvalue weighted by Crippen LogP contribution is -2.29. The molecule has 5 nitrogen and oxygen atoms in total. The first-order valence-corrected chi connectivity index (χ1v) is 5.89. The van der Waals surface area contributed by atoms with Gasteiger partial charge in [-0.1, -0.05) is 18.2 Å². The van der Waals surface area contributed by atoms with Gasteiger partial charge in [-0.15, -0.1) is 0 Å². The highest BCUT2D eigenvalue weighted by Crippen LogP contribution is 2.17. The number of carbonyl (C=O) groups excluding carboxylic acids is 2. The molecule has 19 heavy (non-hydrogen) atoms. The van der Waals surface area contributed by atoms with Crippen molar-refractivity contribution in [3.8, 4) is 0 Å². The molecule has 0 spiro atoms. The largest absolute Gasteiger partial charge is 0.465 e. The molecule has 1 rings (SSSR count). The number of esters is 1. The number of anilines is 1. The van der Waals surface area contributed by atoms with Crippen LogP contribution in [-0.4, -0.2) is 25.7 Å². The van der Waals surface area contributed by atoms with Gasteiger partial charge in [0.15, 0.2) is 0 Å². The molecule has 0 heterocycles. The molecule has 0 aromatic heterocycles. The van der Waals surface area contributed by atoms with Crippen LogP contribution in [0.15, 0.2) is 29.8 Å². The third kappa shape index (κ3) is 4.63. The number of urea groups is 1. The molecular weight excluding hydrogens is 268 g/mol. The Kier molecular flexibility index (Phi) is 5.38. The van der Waals surface area contributed by atoms with Gasteiger partial charge in [0.05, 0.1) is 19.2 Å². The van der Waals surface area contributed by atoms with Gasteiger partial charge >= 0.3 is 12.0 Å². The predicted molar refractivity (Wildman–Crippen MR) is 74.5 cm³/mol. The minimum atomic E-state index is -0.419. The van der Waals surface area contributed by atoms with E-state index in [0.29, 0.717) is 16.3 Å². The summed E-state index contributed by atoms with van der Waals surface area (Å²) in [6.45, 7) is 5.43. The van der Waals surface area contributed by atoms with Crippen LogP contribution in [0, 0.1) is 6.92 Å². The van der Waals surface area contributed by atoms with Crippen LogP contribution in [0.25, 0.3) is 0 Å². The van der Waals surface area contributed by atoms with Gasteiger partial charge in [0.1, 0.15) is 0 Å². The van der Waals surface area contributed by atoms with Crippen LogP contribution in [0.3, 0.4) is 0 Å². The second-order valence-electron chi connectivity index (χ2n) is 3.85. The Morgan fingerprint density at radius 1 is 1.42 bits per heavy atom. The summed E-state index contributed by atoms with van der Waals surface area (Å²) < 4.78 is 4.61. The maximum atomic E-state index is 11.5. The SMILES string of the molecule is C=C(Cl)CNC(=O)Nc1ccc(C(=O)OC)cc1C. The van der Waals surface area contributed by atoms with Crippen LogP contribution < -0.4 is 10.6 Å². The zero-order chi connectivity index (χ0) is 14.4. The van der Waals surface area contributed by atoms with Crippen molar-refractivity contribution in [2.45, 2.75) is 6.92 Å². The number of rotatable bonds is 4. The molecule has 0 atom stereocenters. The number of ether oxygens (including phenoxy) is 1.